The lowest BCUT2D eigenvalue weighted by Gasteiger charge is -2.27. The molecule has 1 aliphatic rings. The predicted molar refractivity (Wildman–Crippen MR) is 91.2 cm³/mol. The molecular weight excluding hydrogens is 312 g/mol. The van der Waals surface area contributed by atoms with E-state index in [9.17, 15) is 9.59 Å². The normalized spacial score (nSPS) is 15.5. The van der Waals surface area contributed by atoms with Crippen molar-refractivity contribution in [3.63, 3.8) is 0 Å². The predicted octanol–water partition coefficient (Wildman–Crippen LogP) is 2.33. The zero-order valence-electron chi connectivity index (χ0n) is 11.8. The van der Waals surface area contributed by atoms with E-state index in [0.29, 0.717) is 25.1 Å². The van der Waals surface area contributed by atoms with E-state index in [1.807, 2.05) is 0 Å². The molecule has 0 aromatic rings. The highest BCUT2D eigenvalue weighted by molar-refractivity contribution is 8.76. The molecule has 0 saturated heterocycles. The second kappa shape index (κ2) is 10.8. The molecule has 0 unspecified atom stereocenters. The second-order valence-corrected chi connectivity index (χ2v) is 7.90. The third-order valence-corrected chi connectivity index (χ3v) is 5.90. The van der Waals surface area contributed by atoms with Crippen LogP contribution in [0.15, 0.2) is 0 Å². The summed E-state index contributed by atoms with van der Waals surface area (Å²) in [5.41, 5.74) is 5.41. The van der Waals surface area contributed by atoms with Gasteiger partial charge in [-0.2, -0.15) is 12.6 Å². The van der Waals surface area contributed by atoms with Crippen molar-refractivity contribution >= 4 is 46.0 Å². The molecule has 4 nitrogen and oxygen atoms in total. The number of imide groups is 1. The van der Waals surface area contributed by atoms with Gasteiger partial charge in [-0.1, -0.05) is 34.4 Å². The summed E-state index contributed by atoms with van der Waals surface area (Å²) < 4.78 is 0. The first-order valence-electron chi connectivity index (χ1n) is 7.11. The Balaban J connectivity index is 2.44. The molecule has 1 aliphatic carbocycles. The Morgan fingerprint density at radius 1 is 1.10 bits per heavy atom. The highest BCUT2D eigenvalue weighted by Crippen LogP contribution is 2.26. The third-order valence-electron chi connectivity index (χ3n) is 3.24. The van der Waals surface area contributed by atoms with Crippen molar-refractivity contribution in [3.05, 3.63) is 0 Å². The largest absolute Gasteiger partial charge is 0.330 e. The van der Waals surface area contributed by atoms with E-state index in [-0.39, 0.29) is 17.9 Å². The summed E-state index contributed by atoms with van der Waals surface area (Å²) in [6.45, 7) is 0.653. The molecule has 0 heterocycles. The third kappa shape index (κ3) is 6.28. The molecule has 0 aromatic carbocycles. The van der Waals surface area contributed by atoms with Crippen LogP contribution in [-0.4, -0.2) is 46.6 Å². The molecule has 1 rings (SSSR count). The molecule has 0 radical (unpaired) electrons. The van der Waals surface area contributed by atoms with Crippen LogP contribution < -0.4 is 5.73 Å². The molecule has 0 aliphatic heterocycles. The summed E-state index contributed by atoms with van der Waals surface area (Å²) >= 11 is 4.10. The number of thiol groups is 1. The van der Waals surface area contributed by atoms with E-state index in [0.717, 1.165) is 37.2 Å². The monoisotopic (exact) mass is 336 g/mol. The van der Waals surface area contributed by atoms with Gasteiger partial charge in [0.05, 0.1) is 0 Å². The van der Waals surface area contributed by atoms with Crippen molar-refractivity contribution < 1.29 is 9.59 Å². The van der Waals surface area contributed by atoms with Gasteiger partial charge in [0.25, 0.3) is 0 Å². The lowest BCUT2D eigenvalue weighted by Crippen LogP contribution is -2.43. The quantitative estimate of drug-likeness (QED) is 0.384. The van der Waals surface area contributed by atoms with Crippen molar-refractivity contribution in [1.29, 1.82) is 0 Å². The lowest BCUT2D eigenvalue weighted by molar-refractivity contribution is -0.147. The van der Waals surface area contributed by atoms with E-state index in [2.05, 4.69) is 12.6 Å². The fraction of sp³-hybridized carbons (Fsp3) is 0.846. The van der Waals surface area contributed by atoms with Gasteiger partial charge in [0.15, 0.2) is 0 Å². The van der Waals surface area contributed by atoms with Crippen LogP contribution in [0.5, 0.6) is 0 Å². The van der Waals surface area contributed by atoms with E-state index in [1.54, 1.807) is 21.6 Å². The minimum Gasteiger partial charge on any atom is -0.330 e. The average molecular weight is 337 g/mol. The van der Waals surface area contributed by atoms with Crippen LogP contribution in [0.4, 0.5) is 0 Å². The summed E-state index contributed by atoms with van der Waals surface area (Å²) in [4.78, 5) is 26.0. The van der Waals surface area contributed by atoms with E-state index >= 15 is 0 Å². The first-order chi connectivity index (χ1) is 9.70. The van der Waals surface area contributed by atoms with Gasteiger partial charge in [-0.05, 0) is 18.6 Å². The molecule has 7 heteroatoms. The van der Waals surface area contributed by atoms with Gasteiger partial charge in [-0.15, -0.1) is 0 Å². The summed E-state index contributed by atoms with van der Waals surface area (Å²) in [6.07, 6.45) is 4.92. The lowest BCUT2D eigenvalue weighted by atomic mass is 10.2. The van der Waals surface area contributed by atoms with Crippen molar-refractivity contribution in [2.24, 2.45) is 5.73 Å². The zero-order chi connectivity index (χ0) is 14.8. The molecule has 0 aromatic heterocycles. The molecule has 0 spiro atoms. The van der Waals surface area contributed by atoms with Crippen LogP contribution in [0.3, 0.4) is 0 Å². The van der Waals surface area contributed by atoms with E-state index in [4.69, 9.17) is 5.73 Å². The molecule has 2 N–H and O–H groups in total. The van der Waals surface area contributed by atoms with Gasteiger partial charge in [0.1, 0.15) is 0 Å². The molecule has 20 heavy (non-hydrogen) atoms. The molecule has 0 atom stereocenters. The van der Waals surface area contributed by atoms with Gasteiger partial charge >= 0.3 is 0 Å². The van der Waals surface area contributed by atoms with Gasteiger partial charge in [0, 0.05) is 36.9 Å². The number of nitrogens with two attached hydrogens (primary N) is 1. The number of carbonyl (C=O) groups excluding carboxylic acids is 2. The Morgan fingerprint density at radius 2 is 1.70 bits per heavy atom. The Labute approximate surface area is 134 Å². The number of amides is 2. The van der Waals surface area contributed by atoms with Crippen LogP contribution >= 0.6 is 34.2 Å². The van der Waals surface area contributed by atoms with Crippen molar-refractivity contribution in [2.45, 2.75) is 44.6 Å². The Hall–Kier alpha value is 0.150. The number of hydrogen-bond acceptors (Lipinski definition) is 6. The number of carbonyl (C=O) groups is 2. The summed E-state index contributed by atoms with van der Waals surface area (Å²) in [6, 6.07) is 0.122. The van der Waals surface area contributed by atoms with Gasteiger partial charge in [-0.25, -0.2) is 0 Å². The van der Waals surface area contributed by atoms with E-state index < -0.39 is 0 Å². The van der Waals surface area contributed by atoms with Gasteiger partial charge in [0.2, 0.25) is 11.8 Å². The minimum atomic E-state index is -0.0588. The molecule has 0 bridgehead atoms. The van der Waals surface area contributed by atoms with Crippen LogP contribution in [0.1, 0.15) is 38.5 Å². The molecule has 2 amide bonds. The van der Waals surface area contributed by atoms with Gasteiger partial charge in [-0.3, -0.25) is 14.5 Å². The highest BCUT2D eigenvalue weighted by atomic mass is 33.1. The topological polar surface area (TPSA) is 63.4 Å². The molecule has 116 valence electrons. The summed E-state index contributed by atoms with van der Waals surface area (Å²) in [5.74, 6) is 2.04. The highest BCUT2D eigenvalue weighted by Gasteiger charge is 2.30. The maximum Gasteiger partial charge on any atom is 0.230 e. The molecule has 1 fully saturated rings. The van der Waals surface area contributed by atoms with Crippen LogP contribution in [0.2, 0.25) is 0 Å². The first kappa shape index (κ1) is 18.2. The standard InChI is InChI=1S/C13H24N2O2S3/c14-7-10-20-19-9-6-13(17)15(12(16)5-8-18)11-3-1-2-4-11/h11,18H,1-10,14H2. The van der Waals surface area contributed by atoms with Gasteiger partial charge < -0.3 is 5.73 Å². The van der Waals surface area contributed by atoms with Crippen molar-refractivity contribution in [2.75, 3.05) is 23.8 Å². The fourth-order valence-corrected chi connectivity index (χ4v) is 4.37. The molecule has 1 saturated carbocycles. The average Bonchev–Trinajstić information content (AvgIpc) is 2.93. The Bertz CT molecular complexity index is 310. The van der Waals surface area contributed by atoms with Crippen molar-refractivity contribution in [3.8, 4) is 0 Å². The SMILES string of the molecule is NCCSSCCC(=O)N(C(=O)CCS)C1CCCC1. The summed E-state index contributed by atoms with van der Waals surface area (Å²) in [7, 11) is 3.34. The van der Waals surface area contributed by atoms with Crippen LogP contribution in [-0.2, 0) is 9.59 Å². The Morgan fingerprint density at radius 3 is 2.30 bits per heavy atom. The fourth-order valence-electron chi connectivity index (χ4n) is 2.34. The smallest absolute Gasteiger partial charge is 0.230 e. The Kier molecular flexibility index (Phi) is 9.84. The van der Waals surface area contributed by atoms with Crippen LogP contribution in [0, 0.1) is 0 Å². The summed E-state index contributed by atoms with van der Waals surface area (Å²) in [5, 5.41) is 0. The van der Waals surface area contributed by atoms with Crippen LogP contribution in [0.25, 0.3) is 0 Å². The zero-order valence-corrected chi connectivity index (χ0v) is 14.3. The number of hydrogen-bond donors (Lipinski definition) is 2. The maximum atomic E-state index is 12.3. The second-order valence-electron chi connectivity index (χ2n) is 4.75. The molecular formula is C13H24N2O2S3. The number of rotatable bonds is 9. The first-order valence-corrected chi connectivity index (χ1v) is 10.2. The number of nitrogens with zero attached hydrogens (tertiary/aromatic N) is 1. The minimum absolute atomic E-state index is 0.0236. The van der Waals surface area contributed by atoms with Crippen molar-refractivity contribution in [1.82, 2.24) is 4.90 Å². The van der Waals surface area contributed by atoms with E-state index in [1.165, 1.54) is 4.90 Å². The maximum absolute atomic E-state index is 12.3.